The van der Waals surface area contributed by atoms with Crippen molar-refractivity contribution in [2.75, 3.05) is 23.7 Å². The number of hydrogen-bond acceptors (Lipinski definition) is 7. The van der Waals surface area contributed by atoms with Gasteiger partial charge >= 0.3 is 0 Å². The summed E-state index contributed by atoms with van der Waals surface area (Å²) < 4.78 is 0. The van der Waals surface area contributed by atoms with Gasteiger partial charge in [0.15, 0.2) is 0 Å². The molecular weight excluding hydrogens is 416 g/mol. The molecule has 1 aliphatic heterocycles. The van der Waals surface area contributed by atoms with Gasteiger partial charge in [-0.1, -0.05) is 6.07 Å². The van der Waals surface area contributed by atoms with Crippen LogP contribution >= 0.6 is 0 Å². The zero-order valence-corrected chi connectivity index (χ0v) is 19.2. The van der Waals surface area contributed by atoms with Gasteiger partial charge in [0.05, 0.1) is 16.9 Å². The zero-order chi connectivity index (χ0) is 23.4. The highest BCUT2D eigenvalue weighted by atomic mass is 16.3. The molecule has 1 amide bonds. The number of hydrogen-bond donors (Lipinski definition) is 5. The van der Waals surface area contributed by atoms with Crippen LogP contribution < -0.4 is 21.3 Å². The predicted octanol–water partition coefficient (Wildman–Crippen LogP) is 3.59. The van der Waals surface area contributed by atoms with Crippen molar-refractivity contribution in [2.45, 2.75) is 39.3 Å². The Hall–Kier alpha value is -3.49. The van der Waals surface area contributed by atoms with Gasteiger partial charge < -0.3 is 26.4 Å². The maximum absolute atomic E-state index is 12.6. The number of pyridine rings is 2. The smallest absolute Gasteiger partial charge is 0.254 e. The lowest BCUT2D eigenvalue weighted by Gasteiger charge is -2.19. The first-order valence-electron chi connectivity index (χ1n) is 11.2. The first-order valence-corrected chi connectivity index (χ1v) is 11.2. The highest BCUT2D eigenvalue weighted by molar-refractivity contribution is 6.00. The fourth-order valence-corrected chi connectivity index (χ4v) is 3.77. The van der Waals surface area contributed by atoms with E-state index >= 15 is 0 Å². The molecule has 4 rings (SSSR count). The van der Waals surface area contributed by atoms with Crippen LogP contribution in [0.1, 0.15) is 48.0 Å². The average molecular weight is 447 g/mol. The summed E-state index contributed by atoms with van der Waals surface area (Å²) in [6.45, 7) is 7.61. The van der Waals surface area contributed by atoms with Crippen LogP contribution in [-0.2, 0) is 18.6 Å². The number of aromatic nitrogens is 2. The van der Waals surface area contributed by atoms with Gasteiger partial charge in [-0.25, -0.2) is 4.98 Å². The monoisotopic (exact) mass is 446 g/mol. The van der Waals surface area contributed by atoms with E-state index in [4.69, 9.17) is 0 Å². The SMILES string of the molecule is CCNC(=O)c1cnc(Nc2ccc3c(c2)CNCC3)cc1Nc1ccnc(C(C)(C)O)c1. The van der Waals surface area contributed by atoms with Crippen molar-refractivity contribution in [3.63, 3.8) is 0 Å². The largest absolute Gasteiger partial charge is 0.384 e. The number of nitrogens with zero attached hydrogens (tertiary/aromatic N) is 2. The zero-order valence-electron chi connectivity index (χ0n) is 19.2. The molecule has 1 aromatic carbocycles. The molecule has 0 atom stereocenters. The summed E-state index contributed by atoms with van der Waals surface area (Å²) in [5, 5.41) is 23.2. The number of aliphatic hydroxyl groups is 1. The average Bonchev–Trinajstić information content (AvgIpc) is 2.79. The minimum Gasteiger partial charge on any atom is -0.384 e. The number of amides is 1. The second kappa shape index (κ2) is 9.56. The van der Waals surface area contributed by atoms with Gasteiger partial charge in [0.2, 0.25) is 0 Å². The van der Waals surface area contributed by atoms with Crippen molar-refractivity contribution in [3.8, 4) is 0 Å². The molecule has 33 heavy (non-hydrogen) atoms. The molecule has 0 spiro atoms. The fourth-order valence-electron chi connectivity index (χ4n) is 3.77. The number of carbonyl (C=O) groups is 1. The van der Waals surface area contributed by atoms with E-state index in [0.717, 1.165) is 25.2 Å². The third-order valence-electron chi connectivity index (χ3n) is 5.52. The Morgan fingerprint density at radius 3 is 2.70 bits per heavy atom. The van der Waals surface area contributed by atoms with Crippen LogP contribution in [0.25, 0.3) is 0 Å². The predicted molar refractivity (Wildman–Crippen MR) is 130 cm³/mol. The maximum Gasteiger partial charge on any atom is 0.254 e. The molecule has 0 bridgehead atoms. The second-order valence-electron chi connectivity index (χ2n) is 8.62. The van der Waals surface area contributed by atoms with Gasteiger partial charge in [0.25, 0.3) is 5.91 Å². The topological polar surface area (TPSA) is 111 Å². The number of fused-ring (bicyclic) bond motifs is 1. The van der Waals surface area contributed by atoms with Crippen molar-refractivity contribution in [2.24, 2.45) is 0 Å². The van der Waals surface area contributed by atoms with Crippen LogP contribution in [0, 0.1) is 0 Å². The van der Waals surface area contributed by atoms with Crippen molar-refractivity contribution < 1.29 is 9.90 Å². The highest BCUT2D eigenvalue weighted by Crippen LogP contribution is 2.28. The Balaban J connectivity index is 1.64. The van der Waals surface area contributed by atoms with Crippen molar-refractivity contribution >= 4 is 28.8 Å². The van der Waals surface area contributed by atoms with E-state index in [-0.39, 0.29) is 5.91 Å². The van der Waals surface area contributed by atoms with Gasteiger partial charge in [-0.15, -0.1) is 0 Å². The first kappa shape index (κ1) is 22.7. The van der Waals surface area contributed by atoms with Crippen LogP contribution in [0.5, 0.6) is 0 Å². The van der Waals surface area contributed by atoms with Crippen LogP contribution in [-0.4, -0.2) is 34.1 Å². The summed E-state index contributed by atoms with van der Waals surface area (Å²) in [4.78, 5) is 21.4. The second-order valence-corrected chi connectivity index (χ2v) is 8.62. The fraction of sp³-hybridized carbons (Fsp3) is 0.320. The molecule has 172 valence electrons. The van der Waals surface area contributed by atoms with E-state index in [1.807, 2.05) is 13.0 Å². The standard InChI is InChI=1S/C25H30N6O2/c1-4-27-24(32)20-15-29-23(31-18-6-5-16-7-9-26-14-17(16)11-18)13-21(20)30-19-8-10-28-22(12-19)25(2,3)33/h5-6,8,10-13,15,26,33H,4,7,9,14H2,1-3H3,(H,27,32)(H2,28,29,30,31). The molecule has 0 radical (unpaired) electrons. The van der Waals surface area contributed by atoms with Crippen LogP contribution in [0.4, 0.5) is 22.9 Å². The van der Waals surface area contributed by atoms with Crippen LogP contribution in [0.15, 0.2) is 48.8 Å². The Bertz CT molecular complexity index is 1160. The summed E-state index contributed by atoms with van der Waals surface area (Å²) in [5.74, 6) is 0.404. The van der Waals surface area contributed by atoms with Gasteiger partial charge in [0.1, 0.15) is 11.4 Å². The van der Waals surface area contributed by atoms with E-state index in [1.54, 1.807) is 38.4 Å². The van der Waals surface area contributed by atoms with Crippen molar-refractivity contribution in [1.29, 1.82) is 0 Å². The molecule has 8 nitrogen and oxygen atoms in total. The molecule has 2 aromatic heterocycles. The van der Waals surface area contributed by atoms with Crippen LogP contribution in [0.3, 0.4) is 0 Å². The van der Waals surface area contributed by atoms with Gasteiger partial charge in [-0.05, 0) is 69.1 Å². The van der Waals surface area contributed by atoms with Gasteiger partial charge in [-0.3, -0.25) is 9.78 Å². The summed E-state index contributed by atoms with van der Waals surface area (Å²) in [5.41, 5.74) is 4.78. The first-order chi connectivity index (χ1) is 15.8. The molecule has 0 saturated heterocycles. The Labute approximate surface area is 193 Å². The molecular formula is C25H30N6O2. The molecule has 0 fully saturated rings. The maximum atomic E-state index is 12.6. The number of rotatable bonds is 7. The molecule has 0 unspecified atom stereocenters. The lowest BCUT2D eigenvalue weighted by Crippen LogP contribution is -2.24. The minimum absolute atomic E-state index is 0.212. The summed E-state index contributed by atoms with van der Waals surface area (Å²) in [6, 6.07) is 11.7. The van der Waals surface area contributed by atoms with E-state index in [0.29, 0.717) is 35.0 Å². The van der Waals surface area contributed by atoms with Crippen molar-refractivity contribution in [3.05, 3.63) is 71.2 Å². The highest BCUT2D eigenvalue weighted by Gasteiger charge is 2.19. The quantitative estimate of drug-likeness (QED) is 0.377. The molecule has 0 saturated carbocycles. The molecule has 0 aliphatic carbocycles. The molecule has 5 N–H and O–H groups in total. The molecule has 1 aliphatic rings. The number of anilines is 4. The van der Waals surface area contributed by atoms with Crippen molar-refractivity contribution in [1.82, 2.24) is 20.6 Å². The van der Waals surface area contributed by atoms with Crippen LogP contribution in [0.2, 0.25) is 0 Å². The number of carbonyl (C=O) groups excluding carboxylic acids is 1. The summed E-state index contributed by atoms with van der Waals surface area (Å²) in [6.07, 6.45) is 4.22. The lowest BCUT2D eigenvalue weighted by atomic mass is 10.0. The third kappa shape index (κ3) is 5.47. The van der Waals surface area contributed by atoms with E-state index in [1.165, 1.54) is 11.1 Å². The van der Waals surface area contributed by atoms with E-state index in [2.05, 4.69) is 49.4 Å². The minimum atomic E-state index is -1.08. The number of benzene rings is 1. The van der Waals surface area contributed by atoms with Gasteiger partial charge in [0, 0.05) is 42.9 Å². The normalized spacial score (nSPS) is 13.2. The number of nitrogens with one attached hydrogen (secondary N) is 4. The summed E-state index contributed by atoms with van der Waals surface area (Å²) >= 11 is 0. The Morgan fingerprint density at radius 1 is 1.09 bits per heavy atom. The summed E-state index contributed by atoms with van der Waals surface area (Å²) in [7, 11) is 0. The molecule has 3 heterocycles. The molecule has 8 heteroatoms. The lowest BCUT2D eigenvalue weighted by molar-refractivity contribution is 0.0739. The Morgan fingerprint density at radius 2 is 1.91 bits per heavy atom. The van der Waals surface area contributed by atoms with Gasteiger partial charge in [-0.2, -0.15) is 0 Å². The third-order valence-corrected chi connectivity index (χ3v) is 5.52. The Kier molecular flexibility index (Phi) is 6.57. The van der Waals surface area contributed by atoms with E-state index < -0.39 is 5.60 Å². The molecule has 3 aromatic rings. The van der Waals surface area contributed by atoms with E-state index in [9.17, 15) is 9.90 Å².